The number of ether oxygens (including phenoxy) is 2. The lowest BCUT2D eigenvalue weighted by Crippen LogP contribution is -2.40. The van der Waals surface area contributed by atoms with Crippen molar-refractivity contribution in [3.05, 3.63) is 12.5 Å². The molecule has 2 unspecified atom stereocenters. The Morgan fingerprint density at radius 2 is 1.86 bits per heavy atom. The van der Waals surface area contributed by atoms with Gasteiger partial charge in [0.2, 0.25) is 6.29 Å². The largest absolute Gasteiger partial charge is 0.488 e. The van der Waals surface area contributed by atoms with Gasteiger partial charge in [0.15, 0.2) is 6.61 Å². The third kappa shape index (κ3) is 10.4. The average Bonchev–Trinajstić information content (AvgIpc) is 2.41. The van der Waals surface area contributed by atoms with Gasteiger partial charge in [-0.25, -0.2) is 0 Å². The first-order valence-electron chi connectivity index (χ1n) is 7.01. The van der Waals surface area contributed by atoms with E-state index in [0.717, 1.165) is 12.5 Å². The molecule has 0 aromatic rings. The summed E-state index contributed by atoms with van der Waals surface area (Å²) < 4.78 is 9.58. The summed E-state index contributed by atoms with van der Waals surface area (Å²) in [5.41, 5.74) is -0.207. The van der Waals surface area contributed by atoms with Gasteiger partial charge in [-0.05, 0) is 11.8 Å². The summed E-state index contributed by atoms with van der Waals surface area (Å²) in [5.74, 6) is -0.417. The van der Waals surface area contributed by atoms with Crippen LogP contribution in [0.3, 0.4) is 0 Å². The van der Waals surface area contributed by atoms with Crippen molar-refractivity contribution < 1.29 is 34.7 Å². The first kappa shape index (κ1) is 20.6. The maximum atomic E-state index is 11.1. The summed E-state index contributed by atoms with van der Waals surface area (Å²) >= 11 is 0. The van der Waals surface area contributed by atoms with E-state index in [1.54, 1.807) is 0 Å². The van der Waals surface area contributed by atoms with Crippen LogP contribution in [0.2, 0.25) is 0 Å². The fourth-order valence-corrected chi connectivity index (χ4v) is 1.54. The van der Waals surface area contributed by atoms with Crippen molar-refractivity contribution in [2.24, 2.45) is 5.41 Å². The predicted octanol–water partition coefficient (Wildman–Crippen LogP) is -0.924. The molecule has 0 bridgehead atoms. The van der Waals surface area contributed by atoms with E-state index < -0.39 is 24.4 Å². The van der Waals surface area contributed by atoms with Gasteiger partial charge in [0.1, 0.15) is 18.6 Å². The number of hydrogen-bond donors (Lipinski definition) is 5. The van der Waals surface area contributed by atoms with Crippen molar-refractivity contribution in [3.8, 4) is 0 Å². The Hall–Kier alpha value is -1.35. The van der Waals surface area contributed by atoms with E-state index in [9.17, 15) is 20.1 Å². The van der Waals surface area contributed by atoms with Crippen LogP contribution in [-0.4, -0.2) is 64.6 Å². The number of amides is 1. The molecule has 0 fully saturated rings. The number of rotatable bonds is 10. The van der Waals surface area contributed by atoms with Gasteiger partial charge in [-0.1, -0.05) is 20.8 Å². The zero-order valence-corrected chi connectivity index (χ0v) is 13.2. The molecule has 0 aliphatic heterocycles. The molecule has 0 aromatic heterocycles. The van der Waals surface area contributed by atoms with Gasteiger partial charge in [-0.2, -0.15) is 0 Å². The van der Waals surface area contributed by atoms with Crippen molar-refractivity contribution >= 4 is 5.91 Å². The van der Waals surface area contributed by atoms with Crippen LogP contribution in [0.15, 0.2) is 12.5 Å². The number of hydrogen-bond acceptors (Lipinski definition) is 7. The molecule has 5 N–H and O–H groups in total. The second-order valence-corrected chi connectivity index (χ2v) is 6.01. The zero-order chi connectivity index (χ0) is 17.2. The molecule has 0 aliphatic carbocycles. The lowest BCUT2D eigenvalue weighted by atomic mass is 9.87. The molecule has 0 aromatic carbocycles. The number of aliphatic hydroxyl groups is 4. The van der Waals surface area contributed by atoms with Crippen LogP contribution in [0.1, 0.15) is 27.2 Å². The standard InChI is InChI=1S/C14H27NO7/c1-14(2,3)8-10(17)12(19)13(20)22-7-6-21-9-11(18)15-4-5-16/h6-7,10,12-13,16-17,19-20H,4-5,8-9H2,1-3H3,(H,15,18)/b7-6-/t10-,12?,13?/m1/s1. The van der Waals surface area contributed by atoms with Crippen LogP contribution < -0.4 is 5.32 Å². The third-order valence-corrected chi connectivity index (χ3v) is 2.53. The van der Waals surface area contributed by atoms with Crippen molar-refractivity contribution in [3.63, 3.8) is 0 Å². The number of carbonyl (C=O) groups excluding carboxylic acids is 1. The third-order valence-electron chi connectivity index (χ3n) is 2.53. The summed E-state index contributed by atoms with van der Waals surface area (Å²) in [5, 5.41) is 39.9. The Labute approximate surface area is 130 Å². The van der Waals surface area contributed by atoms with Gasteiger partial charge < -0.3 is 35.2 Å². The molecule has 0 spiro atoms. The Morgan fingerprint density at radius 3 is 2.41 bits per heavy atom. The van der Waals surface area contributed by atoms with E-state index in [4.69, 9.17) is 14.6 Å². The molecule has 3 atom stereocenters. The molecule has 0 radical (unpaired) electrons. The van der Waals surface area contributed by atoms with E-state index >= 15 is 0 Å². The van der Waals surface area contributed by atoms with Crippen LogP contribution >= 0.6 is 0 Å². The highest BCUT2D eigenvalue weighted by Gasteiger charge is 2.29. The van der Waals surface area contributed by atoms with Crippen molar-refractivity contribution in [2.45, 2.75) is 45.7 Å². The predicted molar refractivity (Wildman–Crippen MR) is 78.4 cm³/mol. The van der Waals surface area contributed by atoms with E-state index in [1.165, 1.54) is 0 Å². The quantitative estimate of drug-likeness (QED) is 0.260. The minimum Gasteiger partial charge on any atom is -0.488 e. The molecule has 8 nitrogen and oxygen atoms in total. The van der Waals surface area contributed by atoms with Gasteiger partial charge >= 0.3 is 0 Å². The maximum Gasteiger partial charge on any atom is 0.257 e. The summed E-state index contributed by atoms with van der Waals surface area (Å²) in [4.78, 5) is 11.1. The molecule has 0 saturated heterocycles. The normalized spacial score (nSPS) is 16.1. The first-order chi connectivity index (χ1) is 10.2. The Kier molecular flexibility index (Phi) is 9.75. The monoisotopic (exact) mass is 321 g/mol. The highest BCUT2D eigenvalue weighted by molar-refractivity contribution is 5.77. The molecule has 130 valence electrons. The number of aliphatic hydroxyl groups excluding tert-OH is 4. The van der Waals surface area contributed by atoms with Gasteiger partial charge in [0.05, 0.1) is 12.7 Å². The fraction of sp³-hybridized carbons (Fsp3) is 0.786. The van der Waals surface area contributed by atoms with Crippen LogP contribution in [0.25, 0.3) is 0 Å². The summed E-state index contributed by atoms with van der Waals surface area (Å²) in [6.45, 7) is 5.39. The molecule has 0 heterocycles. The van der Waals surface area contributed by atoms with Crippen molar-refractivity contribution in [1.29, 1.82) is 0 Å². The van der Waals surface area contributed by atoms with Crippen LogP contribution in [0.4, 0.5) is 0 Å². The van der Waals surface area contributed by atoms with Gasteiger partial charge in [0, 0.05) is 6.54 Å². The molecule has 0 aliphatic rings. The topological polar surface area (TPSA) is 128 Å². The van der Waals surface area contributed by atoms with E-state index in [0.29, 0.717) is 6.42 Å². The van der Waals surface area contributed by atoms with E-state index in [2.05, 4.69) is 5.32 Å². The second kappa shape index (κ2) is 10.4. The van der Waals surface area contributed by atoms with Gasteiger partial charge in [0.25, 0.3) is 5.91 Å². The smallest absolute Gasteiger partial charge is 0.257 e. The SMILES string of the molecule is CC(C)(C)C[C@@H](O)C(O)C(O)O/C=C\OCC(=O)NCCO. The van der Waals surface area contributed by atoms with Crippen LogP contribution in [0, 0.1) is 5.41 Å². The Balaban J connectivity index is 3.98. The summed E-state index contributed by atoms with van der Waals surface area (Å²) in [6.07, 6.45) is -1.91. The van der Waals surface area contributed by atoms with E-state index in [1.807, 2.05) is 20.8 Å². The fourth-order valence-electron chi connectivity index (χ4n) is 1.54. The lowest BCUT2D eigenvalue weighted by molar-refractivity contribution is -0.167. The Morgan fingerprint density at radius 1 is 1.23 bits per heavy atom. The molecule has 8 heteroatoms. The van der Waals surface area contributed by atoms with Crippen molar-refractivity contribution in [1.82, 2.24) is 5.32 Å². The highest BCUT2D eigenvalue weighted by atomic mass is 16.6. The molecule has 1 amide bonds. The average molecular weight is 321 g/mol. The minimum atomic E-state index is -1.61. The van der Waals surface area contributed by atoms with Crippen molar-refractivity contribution in [2.75, 3.05) is 19.8 Å². The minimum absolute atomic E-state index is 0.138. The Bertz CT molecular complexity index is 341. The van der Waals surface area contributed by atoms with Crippen LogP contribution in [-0.2, 0) is 14.3 Å². The van der Waals surface area contributed by atoms with E-state index in [-0.39, 0.29) is 25.2 Å². The first-order valence-corrected chi connectivity index (χ1v) is 7.01. The molecule has 22 heavy (non-hydrogen) atoms. The number of nitrogens with one attached hydrogen (secondary N) is 1. The van der Waals surface area contributed by atoms with Gasteiger partial charge in [-0.15, -0.1) is 0 Å². The second-order valence-electron chi connectivity index (χ2n) is 6.01. The summed E-state index contributed by atoms with van der Waals surface area (Å²) in [7, 11) is 0. The molecule has 0 saturated carbocycles. The maximum absolute atomic E-state index is 11.1. The number of carbonyl (C=O) groups is 1. The molecule has 0 rings (SSSR count). The van der Waals surface area contributed by atoms with Crippen LogP contribution in [0.5, 0.6) is 0 Å². The van der Waals surface area contributed by atoms with Gasteiger partial charge in [-0.3, -0.25) is 4.79 Å². The molecular weight excluding hydrogens is 294 g/mol. The highest BCUT2D eigenvalue weighted by Crippen LogP contribution is 2.23. The molecular formula is C14H27NO7. The zero-order valence-electron chi connectivity index (χ0n) is 13.2. The lowest BCUT2D eigenvalue weighted by Gasteiger charge is -2.27. The summed E-state index contributed by atoms with van der Waals surface area (Å²) in [6, 6.07) is 0.